The second kappa shape index (κ2) is 7.87. The first kappa shape index (κ1) is 17.3. The van der Waals surface area contributed by atoms with Crippen molar-refractivity contribution in [2.24, 2.45) is 11.5 Å². The average molecular weight is 293 g/mol. The number of carbonyl (C=O) groups excluding carboxylic acids is 2. The average Bonchev–Trinajstić information content (AvgIpc) is 2.44. The van der Waals surface area contributed by atoms with Gasteiger partial charge in [0, 0.05) is 24.1 Å². The maximum atomic E-state index is 12.0. The first-order valence-corrected chi connectivity index (χ1v) is 6.98. The molecule has 0 saturated heterocycles. The smallest absolute Gasteiger partial charge is 0.252 e. The zero-order valence-electron chi connectivity index (χ0n) is 12.2. The van der Waals surface area contributed by atoms with Gasteiger partial charge in [0.2, 0.25) is 0 Å². The van der Waals surface area contributed by atoms with Gasteiger partial charge < -0.3 is 21.9 Å². The van der Waals surface area contributed by atoms with Crippen LogP contribution in [0.15, 0.2) is 24.3 Å². The molecule has 21 heavy (non-hydrogen) atoms. The molecule has 6 N–H and O–H groups in total. The Morgan fingerprint density at radius 3 is 2.71 bits per heavy atom. The van der Waals surface area contributed by atoms with Crippen LogP contribution in [0.25, 0.3) is 0 Å². The minimum absolute atomic E-state index is 0.0336. The van der Waals surface area contributed by atoms with E-state index in [0.29, 0.717) is 18.3 Å². The Balaban J connectivity index is 2.55. The summed E-state index contributed by atoms with van der Waals surface area (Å²) in [5.41, 5.74) is 11.3. The van der Waals surface area contributed by atoms with Gasteiger partial charge in [0.05, 0.1) is 11.8 Å². The largest absolute Gasteiger partial charge is 0.391 e. The van der Waals surface area contributed by atoms with E-state index in [9.17, 15) is 14.7 Å². The van der Waals surface area contributed by atoms with Crippen LogP contribution >= 0.6 is 0 Å². The second-order valence-electron chi connectivity index (χ2n) is 5.26. The van der Waals surface area contributed by atoms with Gasteiger partial charge in [-0.3, -0.25) is 9.59 Å². The minimum atomic E-state index is -0.945. The highest BCUT2D eigenvalue weighted by atomic mass is 16.3. The molecule has 0 aliphatic rings. The zero-order chi connectivity index (χ0) is 15.9. The standard InChI is InChI=1S/C15H23N3O3/c1-2-7-15(16,17)8-12(20)9-18-14(21)13-6-4-3-5-11(13)10-19/h3-6,10,12,20H,2,7-9,16-17H2,1H3,(H,18,21). The van der Waals surface area contributed by atoms with E-state index < -0.39 is 17.7 Å². The summed E-state index contributed by atoms with van der Waals surface area (Å²) in [4.78, 5) is 22.8. The van der Waals surface area contributed by atoms with Crippen LogP contribution < -0.4 is 16.8 Å². The molecule has 1 unspecified atom stereocenters. The van der Waals surface area contributed by atoms with E-state index in [1.807, 2.05) is 6.92 Å². The minimum Gasteiger partial charge on any atom is -0.391 e. The van der Waals surface area contributed by atoms with Gasteiger partial charge in [-0.1, -0.05) is 31.5 Å². The molecule has 0 radical (unpaired) electrons. The Kier molecular flexibility index (Phi) is 6.48. The van der Waals surface area contributed by atoms with Crippen LogP contribution in [-0.4, -0.2) is 35.6 Å². The fourth-order valence-corrected chi connectivity index (χ4v) is 2.19. The Labute approximate surface area is 124 Å². The van der Waals surface area contributed by atoms with Crippen molar-refractivity contribution in [1.29, 1.82) is 0 Å². The third-order valence-electron chi connectivity index (χ3n) is 3.16. The van der Waals surface area contributed by atoms with Crippen LogP contribution in [0.1, 0.15) is 46.9 Å². The molecular weight excluding hydrogens is 270 g/mol. The van der Waals surface area contributed by atoms with Crippen molar-refractivity contribution in [3.05, 3.63) is 35.4 Å². The van der Waals surface area contributed by atoms with E-state index in [4.69, 9.17) is 11.5 Å². The van der Waals surface area contributed by atoms with Gasteiger partial charge in [-0.2, -0.15) is 0 Å². The zero-order valence-corrected chi connectivity index (χ0v) is 12.2. The van der Waals surface area contributed by atoms with Crippen LogP contribution in [0.4, 0.5) is 0 Å². The van der Waals surface area contributed by atoms with Crippen molar-refractivity contribution in [3.63, 3.8) is 0 Å². The van der Waals surface area contributed by atoms with E-state index in [1.165, 1.54) is 0 Å². The lowest BCUT2D eigenvalue weighted by molar-refractivity contribution is 0.0878. The maximum absolute atomic E-state index is 12.0. The molecule has 1 amide bonds. The summed E-state index contributed by atoms with van der Waals surface area (Å²) in [6.45, 7) is 1.99. The lowest BCUT2D eigenvalue weighted by atomic mass is 9.98. The third kappa shape index (κ3) is 5.63. The molecule has 1 aromatic carbocycles. The fourth-order valence-electron chi connectivity index (χ4n) is 2.19. The molecule has 0 bridgehead atoms. The van der Waals surface area contributed by atoms with Crippen LogP contribution in [0.3, 0.4) is 0 Å². The van der Waals surface area contributed by atoms with Crippen molar-refractivity contribution >= 4 is 12.2 Å². The molecule has 1 rings (SSSR count). The van der Waals surface area contributed by atoms with E-state index in [2.05, 4.69) is 5.32 Å². The van der Waals surface area contributed by atoms with Gasteiger partial charge in [0.1, 0.15) is 0 Å². The first-order chi connectivity index (χ1) is 9.89. The Hall–Kier alpha value is -1.76. The van der Waals surface area contributed by atoms with Gasteiger partial charge in [0.25, 0.3) is 5.91 Å². The topological polar surface area (TPSA) is 118 Å². The number of hydrogen-bond acceptors (Lipinski definition) is 5. The molecule has 0 aliphatic carbocycles. The molecule has 6 heteroatoms. The molecule has 0 heterocycles. The predicted molar refractivity (Wildman–Crippen MR) is 80.8 cm³/mol. The van der Waals surface area contributed by atoms with Gasteiger partial charge in [-0.15, -0.1) is 0 Å². The Morgan fingerprint density at radius 2 is 2.10 bits per heavy atom. The van der Waals surface area contributed by atoms with Crippen molar-refractivity contribution in [1.82, 2.24) is 5.32 Å². The number of aliphatic hydroxyl groups is 1. The molecule has 6 nitrogen and oxygen atoms in total. The SMILES string of the molecule is CCCC(N)(N)CC(O)CNC(=O)c1ccccc1C=O. The molecule has 0 saturated carbocycles. The van der Waals surface area contributed by atoms with Gasteiger partial charge in [0.15, 0.2) is 6.29 Å². The Morgan fingerprint density at radius 1 is 1.43 bits per heavy atom. The number of nitrogens with two attached hydrogens (primary N) is 2. The maximum Gasteiger partial charge on any atom is 0.252 e. The van der Waals surface area contributed by atoms with E-state index >= 15 is 0 Å². The quantitative estimate of drug-likeness (QED) is 0.408. The fraction of sp³-hybridized carbons (Fsp3) is 0.467. The molecule has 0 spiro atoms. The highest BCUT2D eigenvalue weighted by Crippen LogP contribution is 2.10. The monoisotopic (exact) mass is 293 g/mol. The molecule has 116 valence electrons. The van der Waals surface area contributed by atoms with Crippen molar-refractivity contribution in [2.75, 3.05) is 6.54 Å². The normalized spacial score (nSPS) is 12.8. The van der Waals surface area contributed by atoms with Crippen LogP contribution in [0, 0.1) is 0 Å². The highest BCUT2D eigenvalue weighted by Gasteiger charge is 2.23. The van der Waals surface area contributed by atoms with Crippen LogP contribution in [-0.2, 0) is 0 Å². The number of rotatable bonds is 8. The summed E-state index contributed by atoms with van der Waals surface area (Å²) in [7, 11) is 0. The van der Waals surface area contributed by atoms with E-state index in [-0.39, 0.29) is 18.5 Å². The number of nitrogens with one attached hydrogen (secondary N) is 1. The summed E-state index contributed by atoms with van der Waals surface area (Å²) in [6.07, 6.45) is 1.39. The lowest BCUT2D eigenvalue weighted by Gasteiger charge is -2.26. The lowest BCUT2D eigenvalue weighted by Crippen LogP contribution is -2.52. The summed E-state index contributed by atoms with van der Waals surface area (Å²) in [5, 5.41) is 12.5. The summed E-state index contributed by atoms with van der Waals surface area (Å²) in [5.74, 6) is -0.410. The molecule has 0 aromatic heterocycles. The summed E-state index contributed by atoms with van der Waals surface area (Å²) < 4.78 is 0. The van der Waals surface area contributed by atoms with Gasteiger partial charge in [-0.25, -0.2) is 0 Å². The summed E-state index contributed by atoms with van der Waals surface area (Å²) >= 11 is 0. The van der Waals surface area contributed by atoms with Crippen molar-refractivity contribution < 1.29 is 14.7 Å². The number of amides is 1. The number of aliphatic hydroxyl groups excluding tert-OH is 1. The number of hydrogen-bond donors (Lipinski definition) is 4. The highest BCUT2D eigenvalue weighted by molar-refractivity contribution is 6.01. The number of aldehydes is 1. The second-order valence-corrected chi connectivity index (χ2v) is 5.26. The molecule has 1 aromatic rings. The Bertz CT molecular complexity index is 489. The van der Waals surface area contributed by atoms with Gasteiger partial charge in [-0.05, 0) is 12.5 Å². The number of benzene rings is 1. The number of carbonyl (C=O) groups is 2. The van der Waals surface area contributed by atoms with Crippen molar-refractivity contribution in [3.8, 4) is 0 Å². The van der Waals surface area contributed by atoms with Crippen LogP contribution in [0.2, 0.25) is 0 Å². The third-order valence-corrected chi connectivity index (χ3v) is 3.16. The molecule has 1 atom stereocenters. The molecule has 0 fully saturated rings. The molecular formula is C15H23N3O3. The van der Waals surface area contributed by atoms with Gasteiger partial charge >= 0.3 is 0 Å². The first-order valence-electron chi connectivity index (χ1n) is 6.98. The molecule has 0 aliphatic heterocycles. The van der Waals surface area contributed by atoms with Crippen LogP contribution in [0.5, 0.6) is 0 Å². The van der Waals surface area contributed by atoms with Crippen molar-refractivity contribution in [2.45, 2.75) is 38.0 Å². The predicted octanol–water partition coefficient (Wildman–Crippen LogP) is 0.394. The van der Waals surface area contributed by atoms with E-state index in [0.717, 1.165) is 6.42 Å². The van der Waals surface area contributed by atoms with E-state index in [1.54, 1.807) is 24.3 Å². The summed E-state index contributed by atoms with van der Waals surface area (Å²) in [6, 6.07) is 6.46.